The highest BCUT2D eigenvalue weighted by Crippen LogP contribution is 2.43. The third-order valence-corrected chi connectivity index (χ3v) is 6.82. The average molecular weight is 499 g/mol. The molecule has 2 amide bonds. The number of hydrogen-bond donors (Lipinski definition) is 0. The molecule has 1 fully saturated rings. The molecular weight excluding hydrogens is 471 g/mol. The van der Waals surface area contributed by atoms with Crippen LogP contribution in [0.1, 0.15) is 42.1 Å². The second-order valence-electron chi connectivity index (χ2n) is 9.49. The van der Waals surface area contributed by atoms with Gasteiger partial charge in [0.05, 0.1) is 5.52 Å². The van der Waals surface area contributed by atoms with Crippen LogP contribution in [0.3, 0.4) is 0 Å². The van der Waals surface area contributed by atoms with E-state index in [1.807, 2.05) is 6.07 Å². The number of benzene rings is 1. The maximum atomic E-state index is 14.1. The minimum absolute atomic E-state index is 0.237. The van der Waals surface area contributed by atoms with Crippen LogP contribution in [0.25, 0.3) is 10.9 Å². The molecule has 0 bridgehead atoms. The molecule has 8 nitrogen and oxygen atoms in total. The van der Waals surface area contributed by atoms with E-state index in [4.69, 9.17) is 4.74 Å². The Bertz CT molecular complexity index is 1290. The van der Waals surface area contributed by atoms with Crippen molar-refractivity contribution in [3.63, 3.8) is 0 Å². The summed E-state index contributed by atoms with van der Waals surface area (Å²) in [5.41, 5.74) is 0.529. The monoisotopic (exact) mass is 498 g/mol. The number of amides is 2. The molecule has 3 heterocycles. The molecule has 1 unspecified atom stereocenters. The average Bonchev–Trinajstić information content (AvgIpc) is 3.39. The Morgan fingerprint density at radius 1 is 1.20 bits per heavy atom. The summed E-state index contributed by atoms with van der Waals surface area (Å²) in [6.45, 7) is 5.29. The highest BCUT2D eigenvalue weighted by Gasteiger charge is 2.45. The van der Waals surface area contributed by atoms with Crippen LogP contribution in [0.4, 0.5) is 14.0 Å². The molecule has 4 rings (SSSR count). The Balaban J connectivity index is 1.78. The third-order valence-electron chi connectivity index (χ3n) is 5.50. The fourth-order valence-corrected chi connectivity index (χ4v) is 5.38. The topological polar surface area (TPSA) is 84.7 Å². The summed E-state index contributed by atoms with van der Waals surface area (Å²) in [7, 11) is 3.15. The van der Waals surface area contributed by atoms with Crippen LogP contribution in [0.15, 0.2) is 48.9 Å². The van der Waals surface area contributed by atoms with Crippen molar-refractivity contribution in [2.75, 3.05) is 19.8 Å². The number of ether oxygens (including phenoxy) is 1. The molecule has 0 radical (unpaired) electrons. The standard InChI is InChI=1S/C25H27FN4O4S/c1-25(2,3)34-24(33)30-20(14-35-22(30)15-7-6-10-27-12-15)21(31)18-13-29(23(32)28(4)5)19-11-16(26)8-9-17(18)19/h6-13,20,22H,14H2,1-5H3/t20-,22?/m0/s1. The van der Waals surface area contributed by atoms with E-state index in [0.29, 0.717) is 11.1 Å². The summed E-state index contributed by atoms with van der Waals surface area (Å²) >= 11 is 1.44. The van der Waals surface area contributed by atoms with Crippen molar-refractivity contribution in [2.45, 2.75) is 37.8 Å². The molecule has 1 saturated heterocycles. The van der Waals surface area contributed by atoms with Crippen molar-refractivity contribution >= 4 is 40.6 Å². The van der Waals surface area contributed by atoms with E-state index in [9.17, 15) is 18.8 Å². The van der Waals surface area contributed by atoms with Crippen molar-refractivity contribution in [3.05, 3.63) is 65.9 Å². The first-order chi connectivity index (χ1) is 16.5. The van der Waals surface area contributed by atoms with Crippen molar-refractivity contribution in [2.24, 2.45) is 0 Å². The number of rotatable bonds is 3. The van der Waals surface area contributed by atoms with Gasteiger partial charge in [0.1, 0.15) is 22.8 Å². The van der Waals surface area contributed by atoms with Gasteiger partial charge in [0.25, 0.3) is 0 Å². The fourth-order valence-electron chi connectivity index (χ4n) is 3.97. The van der Waals surface area contributed by atoms with Crippen molar-refractivity contribution < 1.29 is 23.5 Å². The first-order valence-electron chi connectivity index (χ1n) is 11.1. The zero-order valence-electron chi connectivity index (χ0n) is 20.2. The van der Waals surface area contributed by atoms with E-state index in [1.165, 1.54) is 50.5 Å². The lowest BCUT2D eigenvalue weighted by atomic mass is 10.0. The Hall–Kier alpha value is -3.40. The van der Waals surface area contributed by atoms with E-state index < -0.39 is 35.0 Å². The van der Waals surface area contributed by atoms with Crippen LogP contribution in [0.5, 0.6) is 0 Å². The minimum atomic E-state index is -0.849. The number of pyridine rings is 1. The zero-order chi connectivity index (χ0) is 25.5. The van der Waals surface area contributed by atoms with Crippen molar-refractivity contribution in [1.29, 1.82) is 0 Å². The first-order valence-corrected chi connectivity index (χ1v) is 12.1. The van der Waals surface area contributed by atoms with E-state index in [-0.39, 0.29) is 16.9 Å². The van der Waals surface area contributed by atoms with E-state index in [0.717, 1.165) is 5.56 Å². The molecular formula is C25H27FN4O4S. The molecule has 0 saturated carbocycles. The lowest BCUT2D eigenvalue weighted by molar-refractivity contribution is 0.0173. The summed E-state index contributed by atoms with van der Waals surface area (Å²) in [4.78, 5) is 46.9. The van der Waals surface area contributed by atoms with Crippen LogP contribution in [-0.4, -0.2) is 68.7 Å². The van der Waals surface area contributed by atoms with Gasteiger partial charge >= 0.3 is 12.1 Å². The van der Waals surface area contributed by atoms with E-state index >= 15 is 0 Å². The lowest BCUT2D eigenvalue weighted by Gasteiger charge is -2.31. The molecule has 0 spiro atoms. The summed E-state index contributed by atoms with van der Waals surface area (Å²) in [5.74, 6) is -0.546. The second kappa shape index (κ2) is 9.33. The molecule has 1 aliphatic rings. The maximum absolute atomic E-state index is 14.1. The summed E-state index contributed by atoms with van der Waals surface area (Å²) < 4.78 is 21.0. The summed E-state index contributed by atoms with van der Waals surface area (Å²) in [5, 5.41) is -0.0349. The largest absolute Gasteiger partial charge is 0.444 e. The number of fused-ring (bicyclic) bond motifs is 1. The SMILES string of the molecule is CN(C)C(=O)n1cc(C(=O)[C@@H]2CSC(c3cccnc3)N2C(=O)OC(C)(C)C)c2ccc(F)cc21. The van der Waals surface area contributed by atoms with Crippen LogP contribution in [0, 0.1) is 5.82 Å². The van der Waals surface area contributed by atoms with Gasteiger partial charge in [0, 0.05) is 55.0 Å². The molecule has 2 aromatic heterocycles. The van der Waals surface area contributed by atoms with Gasteiger partial charge in [0.2, 0.25) is 0 Å². The van der Waals surface area contributed by atoms with Crippen LogP contribution in [-0.2, 0) is 4.74 Å². The number of aromatic nitrogens is 2. The molecule has 2 atom stereocenters. The summed E-state index contributed by atoms with van der Waals surface area (Å²) in [6.07, 6.45) is 4.10. The molecule has 0 aliphatic carbocycles. The molecule has 3 aromatic rings. The molecule has 1 aliphatic heterocycles. The molecule has 35 heavy (non-hydrogen) atoms. The number of thioether (sulfide) groups is 1. The van der Waals surface area contributed by atoms with Gasteiger partial charge in [-0.2, -0.15) is 0 Å². The highest BCUT2D eigenvalue weighted by molar-refractivity contribution is 7.99. The molecule has 184 valence electrons. The smallest absolute Gasteiger partial charge is 0.412 e. The minimum Gasteiger partial charge on any atom is -0.444 e. The van der Waals surface area contributed by atoms with Gasteiger partial charge in [-0.15, -0.1) is 11.8 Å². The highest BCUT2D eigenvalue weighted by atomic mass is 32.2. The van der Waals surface area contributed by atoms with Gasteiger partial charge in [-0.25, -0.2) is 14.0 Å². The van der Waals surface area contributed by atoms with Gasteiger partial charge in [-0.05, 0) is 45.0 Å². The molecule has 10 heteroatoms. The van der Waals surface area contributed by atoms with Gasteiger partial charge in [-0.1, -0.05) is 6.07 Å². The number of hydrogen-bond acceptors (Lipinski definition) is 6. The maximum Gasteiger partial charge on any atom is 0.412 e. The van der Waals surface area contributed by atoms with E-state index in [1.54, 1.807) is 53.3 Å². The van der Waals surface area contributed by atoms with Crippen molar-refractivity contribution in [1.82, 2.24) is 19.4 Å². The van der Waals surface area contributed by atoms with Crippen LogP contribution >= 0.6 is 11.8 Å². The number of nitrogens with zero attached hydrogens (tertiary/aromatic N) is 4. The lowest BCUT2D eigenvalue weighted by Crippen LogP contribution is -2.45. The molecule has 1 aromatic carbocycles. The zero-order valence-corrected chi connectivity index (χ0v) is 21.0. The normalized spacial score (nSPS) is 18.1. The molecule has 0 N–H and O–H groups in total. The number of Topliss-reactive ketones (excluding diaryl/α,β-unsaturated/α-hetero) is 1. The van der Waals surface area contributed by atoms with Crippen LogP contribution in [0.2, 0.25) is 0 Å². The number of halogens is 1. The van der Waals surface area contributed by atoms with Gasteiger partial charge in [0.15, 0.2) is 5.78 Å². The Labute approximate surface area is 207 Å². The first kappa shape index (κ1) is 24.7. The number of ketones is 1. The number of carbonyl (C=O) groups is 3. The van der Waals surface area contributed by atoms with Gasteiger partial charge < -0.3 is 9.64 Å². The van der Waals surface area contributed by atoms with Crippen LogP contribution < -0.4 is 0 Å². The quantitative estimate of drug-likeness (QED) is 0.476. The predicted octanol–water partition coefficient (Wildman–Crippen LogP) is 4.94. The summed E-state index contributed by atoms with van der Waals surface area (Å²) in [6, 6.07) is 6.30. The van der Waals surface area contributed by atoms with E-state index in [2.05, 4.69) is 4.98 Å². The predicted molar refractivity (Wildman–Crippen MR) is 132 cm³/mol. The fraction of sp³-hybridized carbons (Fsp3) is 0.360. The Morgan fingerprint density at radius 2 is 1.94 bits per heavy atom. The number of carbonyl (C=O) groups excluding carboxylic acids is 3. The third kappa shape index (κ3) is 4.88. The van der Waals surface area contributed by atoms with Crippen molar-refractivity contribution in [3.8, 4) is 0 Å². The Morgan fingerprint density at radius 3 is 2.57 bits per heavy atom. The van der Waals surface area contributed by atoms with Gasteiger partial charge in [-0.3, -0.25) is 19.2 Å². The second-order valence-corrected chi connectivity index (χ2v) is 10.6. The Kier molecular flexibility index (Phi) is 6.59.